The van der Waals surface area contributed by atoms with Crippen LogP contribution in [0.2, 0.25) is 0 Å². The minimum Gasteiger partial charge on any atom is -0.350 e. The van der Waals surface area contributed by atoms with E-state index in [2.05, 4.69) is 33.1 Å². The minimum absolute atomic E-state index is 0.0414. The number of fused-ring (bicyclic) bond motifs is 6. The molecule has 3 aliphatic carbocycles. The Labute approximate surface area is 194 Å². The van der Waals surface area contributed by atoms with Crippen molar-refractivity contribution >= 4 is 11.7 Å². The van der Waals surface area contributed by atoms with Crippen LogP contribution in [0.1, 0.15) is 62.1 Å². The summed E-state index contributed by atoms with van der Waals surface area (Å²) in [4.78, 5) is 30.8. The van der Waals surface area contributed by atoms with Gasteiger partial charge in [-0.1, -0.05) is 54.6 Å². The number of Topliss-reactive ketones (excluding diaryl/α,β-unsaturated/α-hetero) is 1. The standard InChI is InChI=1S/C28H29N3O2/c32-25(17-23-21-8-4-5-9-22(21)24-18-29-19-31(23)24)27-10-13-28(14-11-27,15-12-27)30-26(33)16-20-6-2-1-3-7-20/h1-9,18-19,23H,10-17H2,(H,30,33). The largest absolute Gasteiger partial charge is 0.350 e. The molecule has 1 amide bonds. The molecule has 4 aliphatic rings. The van der Waals surface area contributed by atoms with E-state index < -0.39 is 0 Å². The monoisotopic (exact) mass is 439 g/mol. The maximum absolute atomic E-state index is 13.7. The molecule has 3 saturated carbocycles. The van der Waals surface area contributed by atoms with Crippen molar-refractivity contribution in [1.82, 2.24) is 14.9 Å². The quantitative estimate of drug-likeness (QED) is 0.596. The lowest BCUT2D eigenvalue weighted by Gasteiger charge is -2.53. The second-order valence-electron chi connectivity index (χ2n) is 10.2. The van der Waals surface area contributed by atoms with E-state index >= 15 is 0 Å². The van der Waals surface area contributed by atoms with Gasteiger partial charge in [-0.15, -0.1) is 0 Å². The Hall–Kier alpha value is -3.21. The van der Waals surface area contributed by atoms with Gasteiger partial charge in [0, 0.05) is 22.9 Å². The Morgan fingerprint density at radius 3 is 2.39 bits per heavy atom. The van der Waals surface area contributed by atoms with Crippen LogP contribution in [-0.4, -0.2) is 26.8 Å². The van der Waals surface area contributed by atoms with Crippen molar-refractivity contribution in [3.05, 3.63) is 78.2 Å². The lowest BCUT2D eigenvalue weighted by Crippen LogP contribution is -2.58. The van der Waals surface area contributed by atoms with Crippen LogP contribution in [-0.2, 0) is 16.0 Å². The van der Waals surface area contributed by atoms with Crippen LogP contribution >= 0.6 is 0 Å². The highest BCUT2D eigenvalue weighted by Crippen LogP contribution is 2.54. The van der Waals surface area contributed by atoms with Gasteiger partial charge in [-0.3, -0.25) is 9.59 Å². The molecule has 0 saturated heterocycles. The van der Waals surface area contributed by atoms with Gasteiger partial charge in [0.2, 0.25) is 5.91 Å². The van der Waals surface area contributed by atoms with E-state index in [9.17, 15) is 9.59 Å². The second kappa shape index (κ2) is 7.68. The zero-order valence-corrected chi connectivity index (χ0v) is 18.8. The molecule has 5 heteroatoms. The first-order valence-electron chi connectivity index (χ1n) is 12.1. The van der Waals surface area contributed by atoms with Crippen molar-refractivity contribution in [3.63, 3.8) is 0 Å². The summed E-state index contributed by atoms with van der Waals surface area (Å²) in [5.74, 6) is 0.477. The molecule has 2 heterocycles. The van der Waals surface area contributed by atoms with E-state index in [4.69, 9.17) is 0 Å². The van der Waals surface area contributed by atoms with Gasteiger partial charge in [0.05, 0.1) is 30.7 Å². The molecule has 5 nitrogen and oxygen atoms in total. The van der Waals surface area contributed by atoms with Crippen molar-refractivity contribution in [1.29, 1.82) is 0 Å². The molecule has 0 radical (unpaired) electrons. The summed E-state index contributed by atoms with van der Waals surface area (Å²) in [6.45, 7) is 0. The fraction of sp³-hybridized carbons (Fsp3) is 0.393. The molecular weight excluding hydrogens is 410 g/mol. The first kappa shape index (κ1) is 20.4. The van der Waals surface area contributed by atoms with Crippen molar-refractivity contribution in [2.24, 2.45) is 5.41 Å². The Kier molecular flexibility index (Phi) is 4.75. The number of carbonyl (C=O) groups excluding carboxylic acids is 2. The molecule has 1 aromatic heterocycles. The first-order chi connectivity index (χ1) is 16.1. The number of aromatic nitrogens is 2. The number of rotatable bonds is 6. The molecule has 168 valence electrons. The van der Waals surface area contributed by atoms with Crippen LogP contribution in [0.15, 0.2) is 67.1 Å². The third-order valence-corrected chi connectivity index (χ3v) is 8.43. The third-order valence-electron chi connectivity index (χ3n) is 8.43. The van der Waals surface area contributed by atoms with Crippen LogP contribution in [0.4, 0.5) is 0 Å². The number of ketones is 1. The average molecular weight is 440 g/mol. The van der Waals surface area contributed by atoms with E-state index in [0.717, 1.165) is 49.8 Å². The van der Waals surface area contributed by atoms with Crippen molar-refractivity contribution < 1.29 is 9.59 Å². The van der Waals surface area contributed by atoms with Crippen LogP contribution in [0.5, 0.6) is 0 Å². The molecule has 2 aromatic carbocycles. The molecular formula is C28H29N3O2. The number of nitrogens with zero attached hydrogens (tertiary/aromatic N) is 2. The average Bonchev–Trinajstić information content (AvgIpc) is 3.43. The van der Waals surface area contributed by atoms with Gasteiger partial charge >= 0.3 is 0 Å². The lowest BCUT2D eigenvalue weighted by atomic mass is 9.55. The summed E-state index contributed by atoms with van der Waals surface area (Å²) < 4.78 is 2.17. The number of amides is 1. The molecule has 1 N–H and O–H groups in total. The molecule has 0 spiro atoms. The van der Waals surface area contributed by atoms with E-state index in [0.29, 0.717) is 18.6 Å². The topological polar surface area (TPSA) is 64.0 Å². The Morgan fingerprint density at radius 2 is 1.64 bits per heavy atom. The molecule has 1 aliphatic heterocycles. The highest BCUT2D eigenvalue weighted by Gasteiger charge is 2.53. The molecule has 33 heavy (non-hydrogen) atoms. The summed E-state index contributed by atoms with van der Waals surface area (Å²) in [6.07, 6.45) is 10.0. The number of hydrogen-bond acceptors (Lipinski definition) is 3. The predicted octanol–water partition coefficient (Wildman–Crippen LogP) is 4.86. The van der Waals surface area contributed by atoms with E-state index in [1.54, 1.807) is 0 Å². The minimum atomic E-state index is -0.232. The van der Waals surface area contributed by atoms with E-state index in [1.165, 1.54) is 11.1 Å². The van der Waals surface area contributed by atoms with Crippen LogP contribution in [0.25, 0.3) is 11.3 Å². The maximum Gasteiger partial charge on any atom is 0.224 e. The number of carbonyl (C=O) groups is 2. The van der Waals surface area contributed by atoms with Gasteiger partial charge in [-0.25, -0.2) is 4.98 Å². The van der Waals surface area contributed by atoms with Crippen LogP contribution in [0, 0.1) is 5.41 Å². The van der Waals surface area contributed by atoms with Gasteiger partial charge in [0.25, 0.3) is 0 Å². The molecule has 3 aromatic rings. The van der Waals surface area contributed by atoms with Crippen LogP contribution in [0.3, 0.4) is 0 Å². The van der Waals surface area contributed by atoms with Crippen molar-refractivity contribution in [3.8, 4) is 11.3 Å². The summed E-state index contributed by atoms with van der Waals surface area (Å²) >= 11 is 0. The number of imidazole rings is 1. The highest BCUT2D eigenvalue weighted by atomic mass is 16.1. The van der Waals surface area contributed by atoms with Gasteiger partial charge in [-0.2, -0.15) is 0 Å². The van der Waals surface area contributed by atoms with Crippen LogP contribution < -0.4 is 5.32 Å². The molecule has 1 atom stereocenters. The van der Waals surface area contributed by atoms with E-state index in [1.807, 2.05) is 48.9 Å². The summed E-state index contributed by atoms with van der Waals surface area (Å²) in [7, 11) is 0. The summed E-state index contributed by atoms with van der Waals surface area (Å²) in [5.41, 5.74) is 4.20. The zero-order valence-electron chi connectivity index (χ0n) is 18.8. The number of benzene rings is 2. The first-order valence-corrected chi connectivity index (χ1v) is 12.1. The maximum atomic E-state index is 13.7. The zero-order chi connectivity index (χ0) is 22.5. The SMILES string of the molecule is O=C(Cc1ccccc1)NC12CCC(C(=O)CC3c4ccccc4-c4cncn43)(CC1)CC2. The predicted molar refractivity (Wildman–Crippen MR) is 127 cm³/mol. The fourth-order valence-corrected chi connectivity index (χ4v) is 6.45. The molecule has 3 fully saturated rings. The Morgan fingerprint density at radius 1 is 0.939 bits per heavy atom. The fourth-order valence-electron chi connectivity index (χ4n) is 6.45. The number of nitrogens with one attached hydrogen (secondary N) is 1. The summed E-state index contributed by atoms with van der Waals surface area (Å²) in [6, 6.07) is 18.3. The third kappa shape index (κ3) is 3.41. The number of hydrogen-bond donors (Lipinski definition) is 1. The van der Waals surface area contributed by atoms with Gasteiger partial charge in [0.1, 0.15) is 5.78 Å². The Balaban J connectivity index is 1.13. The Bertz CT molecular complexity index is 1190. The molecule has 2 bridgehead atoms. The lowest BCUT2D eigenvalue weighted by molar-refractivity contribution is -0.137. The van der Waals surface area contributed by atoms with E-state index in [-0.39, 0.29) is 22.9 Å². The van der Waals surface area contributed by atoms with Gasteiger partial charge in [-0.05, 0) is 49.7 Å². The van der Waals surface area contributed by atoms with Gasteiger partial charge < -0.3 is 9.88 Å². The molecule has 7 rings (SSSR count). The van der Waals surface area contributed by atoms with Crippen molar-refractivity contribution in [2.45, 2.75) is 62.9 Å². The smallest absolute Gasteiger partial charge is 0.224 e. The molecule has 1 unspecified atom stereocenters. The summed E-state index contributed by atoms with van der Waals surface area (Å²) in [5, 5.41) is 3.36. The normalized spacial score (nSPS) is 27.1. The highest BCUT2D eigenvalue weighted by molar-refractivity contribution is 5.87. The van der Waals surface area contributed by atoms with Gasteiger partial charge in [0.15, 0.2) is 0 Å². The van der Waals surface area contributed by atoms with Crippen molar-refractivity contribution in [2.75, 3.05) is 0 Å². The second-order valence-corrected chi connectivity index (χ2v) is 10.2.